The fraction of sp³-hybridized carbons (Fsp3) is 0.429. The molecule has 2 fully saturated rings. The zero-order valence-electron chi connectivity index (χ0n) is 21.8. The number of anilines is 1. The third kappa shape index (κ3) is 4.77. The van der Waals surface area contributed by atoms with E-state index in [1.165, 1.54) is 0 Å². The van der Waals surface area contributed by atoms with E-state index < -0.39 is 0 Å². The van der Waals surface area contributed by atoms with Crippen molar-refractivity contribution in [1.29, 1.82) is 0 Å². The lowest BCUT2D eigenvalue weighted by Crippen LogP contribution is -2.49. The van der Waals surface area contributed by atoms with Crippen LogP contribution in [0.15, 0.2) is 53.3 Å². The lowest BCUT2D eigenvalue weighted by molar-refractivity contribution is 0.0906. The van der Waals surface area contributed by atoms with Crippen molar-refractivity contribution in [3.8, 4) is 5.75 Å². The molecule has 4 aromatic rings. The largest absolute Gasteiger partial charge is 0.495 e. The second-order valence-electron chi connectivity index (χ2n) is 10.1. The smallest absolute Gasteiger partial charge is 0.253 e. The number of para-hydroxylation sites is 2. The zero-order valence-corrected chi connectivity index (χ0v) is 21.8. The topological polar surface area (TPSA) is 101 Å². The number of fused-ring (bicyclic) bond motifs is 1. The van der Waals surface area contributed by atoms with Crippen LogP contribution in [0, 0.1) is 6.92 Å². The Morgan fingerprint density at radius 2 is 1.97 bits per heavy atom. The fourth-order valence-electron chi connectivity index (χ4n) is 5.68. The van der Waals surface area contributed by atoms with Crippen molar-refractivity contribution in [2.24, 2.45) is 0 Å². The molecule has 2 aliphatic rings. The van der Waals surface area contributed by atoms with E-state index in [9.17, 15) is 4.79 Å². The van der Waals surface area contributed by atoms with Crippen LogP contribution in [0.5, 0.6) is 5.75 Å². The van der Waals surface area contributed by atoms with Gasteiger partial charge >= 0.3 is 0 Å². The van der Waals surface area contributed by atoms with Gasteiger partial charge in [0.15, 0.2) is 5.82 Å². The number of aryl methyl sites for hydroxylation is 1. The molecule has 2 atom stereocenters. The van der Waals surface area contributed by atoms with Gasteiger partial charge in [-0.15, -0.1) is 5.10 Å². The maximum atomic E-state index is 13.5. The van der Waals surface area contributed by atoms with Crippen LogP contribution >= 0.6 is 0 Å². The molecule has 2 aromatic heterocycles. The van der Waals surface area contributed by atoms with Crippen LogP contribution < -0.4 is 15.2 Å². The second-order valence-corrected chi connectivity index (χ2v) is 10.1. The van der Waals surface area contributed by atoms with Crippen LogP contribution in [0.1, 0.15) is 35.8 Å². The van der Waals surface area contributed by atoms with E-state index in [0.717, 1.165) is 73.5 Å². The van der Waals surface area contributed by atoms with E-state index in [1.807, 2.05) is 41.1 Å². The molecule has 2 aliphatic heterocycles. The number of hydrogen-bond acceptors (Lipinski definition) is 8. The van der Waals surface area contributed by atoms with Crippen molar-refractivity contribution < 1.29 is 9.47 Å². The van der Waals surface area contributed by atoms with E-state index in [1.54, 1.807) is 7.11 Å². The second kappa shape index (κ2) is 10.5. The van der Waals surface area contributed by atoms with E-state index in [2.05, 4.69) is 49.4 Å². The molecule has 2 unspecified atom stereocenters. The van der Waals surface area contributed by atoms with Gasteiger partial charge in [0.05, 0.1) is 25.4 Å². The molecular weight excluding hydrogens is 482 g/mol. The number of ether oxygens (including phenoxy) is 2. The van der Waals surface area contributed by atoms with Crippen LogP contribution in [0.25, 0.3) is 10.9 Å². The highest BCUT2D eigenvalue weighted by atomic mass is 16.5. The molecule has 1 N–H and O–H groups in total. The van der Waals surface area contributed by atoms with E-state index >= 15 is 0 Å². The molecule has 198 valence electrons. The monoisotopic (exact) mass is 515 g/mol. The summed E-state index contributed by atoms with van der Waals surface area (Å²) in [6.45, 7) is 6.44. The average Bonchev–Trinajstić information content (AvgIpc) is 3.63. The summed E-state index contributed by atoms with van der Waals surface area (Å²) in [5.74, 6) is 1.53. The lowest BCUT2D eigenvalue weighted by atomic mass is 10.0. The lowest BCUT2D eigenvalue weighted by Gasteiger charge is -2.40. The molecule has 10 nitrogen and oxygen atoms in total. The third-order valence-corrected chi connectivity index (χ3v) is 7.63. The van der Waals surface area contributed by atoms with Gasteiger partial charge < -0.3 is 19.4 Å². The Hall–Kier alpha value is -3.76. The van der Waals surface area contributed by atoms with Crippen molar-refractivity contribution in [1.82, 2.24) is 30.1 Å². The van der Waals surface area contributed by atoms with E-state index in [0.29, 0.717) is 17.9 Å². The minimum Gasteiger partial charge on any atom is -0.495 e. The average molecular weight is 516 g/mol. The number of benzene rings is 2. The molecule has 0 saturated carbocycles. The first-order chi connectivity index (χ1) is 18.6. The molecule has 0 radical (unpaired) electrons. The number of hydrogen-bond donors (Lipinski definition) is 1. The van der Waals surface area contributed by atoms with Gasteiger partial charge in [0.25, 0.3) is 5.56 Å². The maximum absolute atomic E-state index is 13.5. The van der Waals surface area contributed by atoms with Gasteiger partial charge in [-0.3, -0.25) is 9.69 Å². The fourth-order valence-corrected chi connectivity index (χ4v) is 5.68. The third-order valence-electron chi connectivity index (χ3n) is 7.63. The Kier molecular flexibility index (Phi) is 6.82. The van der Waals surface area contributed by atoms with Crippen molar-refractivity contribution in [2.75, 3.05) is 44.8 Å². The first-order valence-corrected chi connectivity index (χ1v) is 13.2. The molecule has 4 heterocycles. The minimum absolute atomic E-state index is 0.0813. The van der Waals surface area contributed by atoms with Crippen molar-refractivity contribution in [3.05, 3.63) is 75.8 Å². The van der Waals surface area contributed by atoms with Gasteiger partial charge in [-0.25, -0.2) is 4.68 Å². The number of piperazine rings is 1. The quantitative estimate of drug-likeness (QED) is 0.401. The van der Waals surface area contributed by atoms with Crippen LogP contribution in [0.4, 0.5) is 5.69 Å². The summed E-state index contributed by atoms with van der Waals surface area (Å²) in [5, 5.41) is 13.8. The maximum Gasteiger partial charge on any atom is 0.253 e. The number of aromatic nitrogens is 5. The highest BCUT2D eigenvalue weighted by molar-refractivity contribution is 5.79. The zero-order chi connectivity index (χ0) is 26.1. The summed E-state index contributed by atoms with van der Waals surface area (Å²) in [5.41, 5.74) is 3.57. The molecule has 38 heavy (non-hydrogen) atoms. The molecule has 10 heteroatoms. The van der Waals surface area contributed by atoms with Gasteiger partial charge in [-0.2, -0.15) is 0 Å². The standard InChI is InChI=1S/C28H33N7O3/c1-19-9-10-23-20(16-19)17-22(28(36)29-23)26(27-30-31-32-35(27)18-21-6-5-15-38-21)34-13-11-33(12-14-34)24-7-3-4-8-25(24)37-2/h3-4,7-10,16-17,21,26H,5-6,11-15,18H2,1-2H3,(H,29,36). The molecular formula is C28H33N7O3. The minimum atomic E-state index is -0.389. The van der Waals surface area contributed by atoms with E-state index in [4.69, 9.17) is 9.47 Å². The van der Waals surface area contributed by atoms with Crippen molar-refractivity contribution >= 4 is 16.6 Å². The molecule has 2 saturated heterocycles. The molecule has 0 spiro atoms. The molecule has 6 rings (SSSR count). The van der Waals surface area contributed by atoms with E-state index in [-0.39, 0.29) is 17.7 Å². The van der Waals surface area contributed by atoms with Gasteiger partial charge in [0.1, 0.15) is 11.8 Å². The number of rotatable bonds is 7. The van der Waals surface area contributed by atoms with Crippen molar-refractivity contribution in [3.63, 3.8) is 0 Å². The number of nitrogens with zero attached hydrogens (tertiary/aromatic N) is 6. The summed E-state index contributed by atoms with van der Waals surface area (Å²) in [6, 6.07) is 15.8. The molecule has 0 amide bonds. The van der Waals surface area contributed by atoms with Gasteiger partial charge in [-0.1, -0.05) is 23.8 Å². The number of methoxy groups -OCH3 is 1. The SMILES string of the molecule is COc1ccccc1N1CCN(C(c2cc3cc(C)ccc3[nH]c2=O)c2nnnn2CC2CCCO2)CC1. The van der Waals surface area contributed by atoms with Gasteiger partial charge in [0.2, 0.25) is 0 Å². The Balaban J connectivity index is 1.36. The van der Waals surface area contributed by atoms with Crippen LogP contribution in [0.2, 0.25) is 0 Å². The Bertz CT molecular complexity index is 1470. The number of aromatic amines is 1. The molecule has 0 bridgehead atoms. The summed E-state index contributed by atoms with van der Waals surface area (Å²) in [7, 11) is 1.70. The molecule has 0 aliphatic carbocycles. The number of nitrogens with one attached hydrogen (secondary N) is 1. The van der Waals surface area contributed by atoms with Crippen LogP contribution in [-0.2, 0) is 11.3 Å². The van der Waals surface area contributed by atoms with Gasteiger partial charge in [0, 0.05) is 43.9 Å². The van der Waals surface area contributed by atoms with Gasteiger partial charge in [-0.05, 0) is 65.9 Å². The predicted octanol–water partition coefficient (Wildman–Crippen LogP) is 2.92. The Morgan fingerprint density at radius 1 is 1.13 bits per heavy atom. The Labute approximate surface area is 221 Å². The summed E-state index contributed by atoms with van der Waals surface area (Å²) in [6.07, 6.45) is 2.11. The highest BCUT2D eigenvalue weighted by Crippen LogP contribution is 2.32. The number of pyridine rings is 1. The van der Waals surface area contributed by atoms with Crippen molar-refractivity contribution in [2.45, 2.75) is 38.5 Å². The van der Waals surface area contributed by atoms with Crippen LogP contribution in [0.3, 0.4) is 0 Å². The summed E-state index contributed by atoms with van der Waals surface area (Å²) >= 11 is 0. The first kappa shape index (κ1) is 24.6. The summed E-state index contributed by atoms with van der Waals surface area (Å²) in [4.78, 5) is 21.3. The first-order valence-electron chi connectivity index (χ1n) is 13.2. The predicted molar refractivity (Wildman–Crippen MR) is 145 cm³/mol. The number of tetrazole rings is 1. The summed E-state index contributed by atoms with van der Waals surface area (Å²) < 4.78 is 13.3. The normalized spacial score (nSPS) is 19.2. The number of H-pyrrole nitrogens is 1. The molecule has 2 aromatic carbocycles. The highest BCUT2D eigenvalue weighted by Gasteiger charge is 2.34. The Morgan fingerprint density at radius 3 is 2.76 bits per heavy atom. The van der Waals surface area contributed by atoms with Crippen LogP contribution in [-0.4, -0.2) is 76.1 Å².